The van der Waals surface area contributed by atoms with E-state index < -0.39 is 20.9 Å². The lowest BCUT2D eigenvalue weighted by molar-refractivity contribution is -0.384. The summed E-state index contributed by atoms with van der Waals surface area (Å²) in [5.74, 6) is -0.394. The molecule has 0 unspecified atom stereocenters. The average Bonchev–Trinajstić information content (AvgIpc) is 3.25. The van der Waals surface area contributed by atoms with Crippen LogP contribution in [0, 0.1) is 10.1 Å². The lowest BCUT2D eigenvalue weighted by Crippen LogP contribution is -2.29. The van der Waals surface area contributed by atoms with Crippen LogP contribution in [0.2, 0.25) is 0 Å². The largest absolute Gasteiger partial charge is 0.294 e. The molecule has 0 spiro atoms. The molecule has 1 saturated heterocycles. The third-order valence-electron chi connectivity index (χ3n) is 3.53. The zero-order valence-electron chi connectivity index (χ0n) is 13.9. The van der Waals surface area contributed by atoms with Crippen molar-refractivity contribution < 1.29 is 18.1 Å². The number of nitrogens with zero attached hydrogens (tertiary/aromatic N) is 3. The van der Waals surface area contributed by atoms with Gasteiger partial charge in [-0.15, -0.1) is 15.7 Å². The predicted molar refractivity (Wildman–Crippen MR) is 105 cm³/mol. The van der Waals surface area contributed by atoms with Crippen molar-refractivity contribution in [3.63, 3.8) is 0 Å². The first kappa shape index (κ1) is 19.3. The topological polar surface area (TPSA) is 110 Å². The van der Waals surface area contributed by atoms with Gasteiger partial charge >= 0.3 is 0 Å². The second kappa shape index (κ2) is 7.62. The second-order valence-corrected chi connectivity index (χ2v) is 9.08. The summed E-state index contributed by atoms with van der Waals surface area (Å²) in [6, 6.07) is 8.89. The maximum absolute atomic E-state index is 12.6. The van der Waals surface area contributed by atoms with Crippen molar-refractivity contribution in [3.05, 3.63) is 62.4 Å². The Morgan fingerprint density at radius 3 is 2.70 bits per heavy atom. The van der Waals surface area contributed by atoms with E-state index in [1.165, 1.54) is 35.2 Å². The van der Waals surface area contributed by atoms with Crippen molar-refractivity contribution in [3.8, 4) is 0 Å². The van der Waals surface area contributed by atoms with Gasteiger partial charge in [0.25, 0.3) is 21.6 Å². The molecular formula is C16H13N3O5S3. The van der Waals surface area contributed by atoms with Crippen molar-refractivity contribution in [2.75, 3.05) is 6.54 Å². The smallest absolute Gasteiger partial charge is 0.286 e. The molecule has 0 saturated carbocycles. The Morgan fingerprint density at radius 2 is 2.07 bits per heavy atom. The Kier molecular flexibility index (Phi) is 5.44. The van der Waals surface area contributed by atoms with Gasteiger partial charge in [0.2, 0.25) is 0 Å². The summed E-state index contributed by atoms with van der Waals surface area (Å²) in [6.07, 6.45) is 1.49. The summed E-state index contributed by atoms with van der Waals surface area (Å²) in [5.41, 5.74) is 0.375. The number of nitro groups is 1. The molecule has 1 aromatic heterocycles. The predicted octanol–water partition coefficient (Wildman–Crippen LogP) is 3.34. The molecule has 2 heterocycles. The number of nitro benzene ring substituents is 1. The highest BCUT2D eigenvalue weighted by molar-refractivity contribution is 8.19. The van der Waals surface area contributed by atoms with E-state index in [1.54, 1.807) is 24.4 Å². The van der Waals surface area contributed by atoms with E-state index in [1.807, 2.05) is 0 Å². The van der Waals surface area contributed by atoms with E-state index in [0.717, 1.165) is 23.1 Å². The zero-order valence-corrected chi connectivity index (χ0v) is 16.4. The van der Waals surface area contributed by atoms with Gasteiger partial charge in [-0.2, -0.15) is 8.42 Å². The first-order chi connectivity index (χ1) is 12.8. The maximum atomic E-state index is 12.6. The van der Waals surface area contributed by atoms with Crippen LogP contribution in [0.1, 0.15) is 12.5 Å². The molecule has 0 N–H and O–H groups in total. The molecule has 1 fully saturated rings. The SMILES string of the molecule is CCN1C(=O)/C(=C/c2cccc([N+](=O)[O-])c2)S/C1=N/S(=O)(=O)c1cccs1. The fraction of sp³-hybridized carbons (Fsp3) is 0.125. The number of rotatable bonds is 5. The van der Waals surface area contributed by atoms with Gasteiger partial charge in [0.1, 0.15) is 4.21 Å². The first-order valence-corrected chi connectivity index (χ1v) is 10.8. The number of hydrogen-bond donors (Lipinski definition) is 0. The molecule has 2 aromatic rings. The van der Waals surface area contributed by atoms with Gasteiger partial charge in [0.05, 0.1) is 9.83 Å². The number of likely N-dealkylation sites (N-methyl/N-ethyl adjacent to an activating group) is 1. The second-order valence-electron chi connectivity index (χ2n) is 5.29. The molecule has 11 heteroatoms. The van der Waals surface area contributed by atoms with Gasteiger partial charge in [-0.3, -0.25) is 19.8 Å². The third-order valence-corrected chi connectivity index (χ3v) is 7.29. The number of amidine groups is 1. The number of thioether (sulfide) groups is 1. The highest BCUT2D eigenvalue weighted by Crippen LogP contribution is 2.34. The first-order valence-electron chi connectivity index (χ1n) is 7.66. The van der Waals surface area contributed by atoms with E-state index in [2.05, 4.69) is 4.40 Å². The van der Waals surface area contributed by atoms with Crippen LogP contribution in [0.4, 0.5) is 5.69 Å². The molecule has 3 rings (SSSR count). The fourth-order valence-corrected chi connectivity index (χ4v) is 5.51. The third kappa shape index (κ3) is 4.10. The van der Waals surface area contributed by atoms with Gasteiger partial charge in [-0.25, -0.2) is 0 Å². The Bertz CT molecular complexity index is 1060. The number of carbonyl (C=O) groups excluding carboxylic acids is 1. The zero-order chi connectivity index (χ0) is 19.6. The summed E-state index contributed by atoms with van der Waals surface area (Å²) in [5, 5.41) is 12.6. The fourth-order valence-electron chi connectivity index (χ4n) is 2.29. The minimum Gasteiger partial charge on any atom is -0.286 e. The molecule has 140 valence electrons. The molecule has 0 aliphatic carbocycles. The molecule has 0 bridgehead atoms. The molecule has 8 nitrogen and oxygen atoms in total. The van der Waals surface area contributed by atoms with Gasteiger partial charge in [-0.05, 0) is 41.8 Å². The molecular weight excluding hydrogens is 410 g/mol. The summed E-state index contributed by atoms with van der Waals surface area (Å²) in [4.78, 5) is 24.5. The Morgan fingerprint density at radius 1 is 1.30 bits per heavy atom. The number of sulfonamides is 1. The maximum Gasteiger partial charge on any atom is 0.294 e. The molecule has 1 aromatic carbocycles. The number of thiophene rings is 1. The van der Waals surface area contributed by atoms with Gasteiger partial charge in [0, 0.05) is 18.7 Å². The van der Waals surface area contributed by atoms with Crippen LogP contribution in [-0.4, -0.2) is 35.9 Å². The molecule has 0 atom stereocenters. The van der Waals surface area contributed by atoms with Crippen LogP contribution in [0.5, 0.6) is 0 Å². The lowest BCUT2D eigenvalue weighted by Gasteiger charge is -2.11. The van der Waals surface area contributed by atoms with E-state index in [-0.39, 0.29) is 26.5 Å². The van der Waals surface area contributed by atoms with Crippen molar-refractivity contribution in [2.24, 2.45) is 4.40 Å². The minimum absolute atomic E-state index is 0.0626. The number of amides is 1. The van der Waals surface area contributed by atoms with E-state index >= 15 is 0 Å². The van der Waals surface area contributed by atoms with Crippen molar-refractivity contribution in [2.45, 2.75) is 11.1 Å². The standard InChI is InChI=1S/C16H13N3O5S3/c1-2-18-15(20)13(10-11-5-3-6-12(9-11)19(21)22)26-16(18)17-27(23,24)14-7-4-8-25-14/h3-10H,2H2,1H3/b13-10-,17-16+. The van der Waals surface area contributed by atoms with Crippen LogP contribution in [0.3, 0.4) is 0 Å². The van der Waals surface area contributed by atoms with Crippen molar-refractivity contribution in [1.82, 2.24) is 4.90 Å². The summed E-state index contributed by atoms with van der Waals surface area (Å²) < 4.78 is 28.7. The molecule has 0 radical (unpaired) electrons. The summed E-state index contributed by atoms with van der Waals surface area (Å²) >= 11 is 1.97. The van der Waals surface area contributed by atoms with E-state index in [0.29, 0.717) is 5.56 Å². The normalized spacial score (nSPS) is 17.8. The van der Waals surface area contributed by atoms with Crippen LogP contribution in [-0.2, 0) is 14.8 Å². The van der Waals surface area contributed by atoms with Crippen LogP contribution >= 0.6 is 23.1 Å². The Hall–Kier alpha value is -2.50. The lowest BCUT2D eigenvalue weighted by atomic mass is 10.2. The number of hydrogen-bond acceptors (Lipinski definition) is 7. The monoisotopic (exact) mass is 423 g/mol. The average molecular weight is 423 g/mol. The summed E-state index contributed by atoms with van der Waals surface area (Å²) in [7, 11) is -3.91. The van der Waals surface area contributed by atoms with Crippen molar-refractivity contribution >= 4 is 56.0 Å². The number of carbonyl (C=O) groups is 1. The molecule has 27 heavy (non-hydrogen) atoms. The molecule has 1 aliphatic rings. The summed E-state index contributed by atoms with van der Waals surface area (Å²) in [6.45, 7) is 1.96. The Labute approximate surface area is 163 Å². The Balaban J connectivity index is 1.97. The quantitative estimate of drug-likeness (QED) is 0.414. The van der Waals surface area contributed by atoms with Crippen LogP contribution < -0.4 is 0 Å². The highest BCUT2D eigenvalue weighted by atomic mass is 32.2. The van der Waals surface area contributed by atoms with Crippen molar-refractivity contribution in [1.29, 1.82) is 0 Å². The van der Waals surface area contributed by atoms with Crippen LogP contribution in [0.25, 0.3) is 6.08 Å². The van der Waals surface area contributed by atoms with E-state index in [4.69, 9.17) is 0 Å². The number of non-ortho nitro benzene ring substituents is 1. The van der Waals surface area contributed by atoms with E-state index in [9.17, 15) is 23.3 Å². The molecule has 1 aliphatic heterocycles. The van der Waals surface area contributed by atoms with Gasteiger partial charge in [0.15, 0.2) is 5.17 Å². The highest BCUT2D eigenvalue weighted by Gasteiger charge is 2.34. The van der Waals surface area contributed by atoms with Gasteiger partial charge < -0.3 is 0 Å². The molecule has 1 amide bonds. The number of benzene rings is 1. The van der Waals surface area contributed by atoms with Gasteiger partial charge in [-0.1, -0.05) is 18.2 Å². The van der Waals surface area contributed by atoms with Crippen LogP contribution in [0.15, 0.2) is 55.3 Å². The minimum atomic E-state index is -3.91.